The van der Waals surface area contributed by atoms with Crippen LogP contribution in [-0.2, 0) is 14.3 Å². The van der Waals surface area contributed by atoms with Crippen LogP contribution in [0.3, 0.4) is 0 Å². The monoisotopic (exact) mass is 286 g/mol. The zero-order valence-electron chi connectivity index (χ0n) is 9.99. The Bertz CT molecular complexity index is 345. The number of methoxy groups -OCH3 is 1. The minimum Gasteiger partial charge on any atom is -0.480 e. The highest BCUT2D eigenvalue weighted by atomic mass is 19.4. The van der Waals surface area contributed by atoms with E-state index in [0.717, 1.165) is 7.11 Å². The van der Waals surface area contributed by atoms with Gasteiger partial charge in [-0.15, -0.1) is 0 Å². The summed E-state index contributed by atoms with van der Waals surface area (Å²) in [6.07, 6.45) is -4.94. The molecule has 10 heteroatoms. The van der Waals surface area contributed by atoms with Crippen LogP contribution >= 0.6 is 0 Å². The SMILES string of the molecule is COC(=O)CCNC(=O)N(CC(=O)O)CC(F)(F)F. The number of hydrogen-bond acceptors (Lipinski definition) is 4. The van der Waals surface area contributed by atoms with Crippen molar-refractivity contribution >= 4 is 18.0 Å². The summed E-state index contributed by atoms with van der Waals surface area (Å²) in [5.41, 5.74) is 0. The number of alkyl halides is 3. The fourth-order valence-corrected chi connectivity index (χ4v) is 1.06. The number of aliphatic carboxylic acids is 1. The molecule has 7 nitrogen and oxygen atoms in total. The van der Waals surface area contributed by atoms with Crippen LogP contribution in [0.15, 0.2) is 0 Å². The predicted octanol–water partition coefficient (Wildman–Crippen LogP) is 0.208. The van der Waals surface area contributed by atoms with Crippen molar-refractivity contribution in [1.82, 2.24) is 10.2 Å². The summed E-state index contributed by atoms with van der Waals surface area (Å²) in [5.74, 6) is -2.23. The number of nitrogens with zero attached hydrogens (tertiary/aromatic N) is 1. The minimum absolute atomic E-state index is 0.0829. The lowest BCUT2D eigenvalue weighted by molar-refractivity contribution is -0.149. The van der Waals surface area contributed by atoms with Gasteiger partial charge in [0.15, 0.2) is 0 Å². The van der Waals surface area contributed by atoms with Crippen LogP contribution in [0, 0.1) is 0 Å². The normalized spacial score (nSPS) is 10.7. The second kappa shape index (κ2) is 7.44. The number of hydrogen-bond donors (Lipinski definition) is 2. The molecule has 0 saturated carbocycles. The lowest BCUT2D eigenvalue weighted by Crippen LogP contribution is -2.47. The molecule has 0 aromatic rings. The summed E-state index contributed by atoms with van der Waals surface area (Å²) < 4.78 is 40.7. The van der Waals surface area contributed by atoms with E-state index in [1.54, 1.807) is 0 Å². The largest absolute Gasteiger partial charge is 0.480 e. The van der Waals surface area contributed by atoms with Crippen molar-refractivity contribution in [1.29, 1.82) is 0 Å². The number of nitrogens with one attached hydrogen (secondary N) is 1. The van der Waals surface area contributed by atoms with Crippen LogP contribution in [-0.4, -0.2) is 60.9 Å². The molecule has 2 N–H and O–H groups in total. The van der Waals surface area contributed by atoms with Gasteiger partial charge in [-0.05, 0) is 0 Å². The van der Waals surface area contributed by atoms with E-state index < -0.39 is 37.2 Å². The third-order valence-corrected chi connectivity index (χ3v) is 1.82. The van der Waals surface area contributed by atoms with Crippen LogP contribution in [0.25, 0.3) is 0 Å². The molecule has 2 amide bonds. The van der Waals surface area contributed by atoms with Gasteiger partial charge < -0.3 is 20.1 Å². The summed E-state index contributed by atoms with van der Waals surface area (Å²) in [7, 11) is 1.12. The van der Waals surface area contributed by atoms with Gasteiger partial charge in [0.05, 0.1) is 13.5 Å². The molecule has 0 rings (SSSR count). The van der Waals surface area contributed by atoms with E-state index >= 15 is 0 Å². The predicted molar refractivity (Wildman–Crippen MR) is 55.3 cm³/mol. The van der Waals surface area contributed by atoms with E-state index in [1.165, 1.54) is 0 Å². The Balaban J connectivity index is 4.38. The van der Waals surface area contributed by atoms with Gasteiger partial charge >= 0.3 is 24.1 Å². The summed E-state index contributed by atoms with van der Waals surface area (Å²) in [6, 6.07) is -1.22. The molecule has 0 saturated heterocycles. The average molecular weight is 286 g/mol. The summed E-state index contributed by atoms with van der Waals surface area (Å²) in [4.78, 5) is 32.5. The van der Waals surface area contributed by atoms with Crippen LogP contribution in [0.1, 0.15) is 6.42 Å². The highest BCUT2D eigenvalue weighted by molar-refractivity contribution is 5.80. The van der Waals surface area contributed by atoms with Gasteiger partial charge in [0.2, 0.25) is 0 Å². The number of esters is 1. The van der Waals surface area contributed by atoms with E-state index in [4.69, 9.17) is 5.11 Å². The lowest BCUT2D eigenvalue weighted by atomic mass is 10.4. The number of carboxylic acids is 1. The maximum atomic E-state index is 12.1. The van der Waals surface area contributed by atoms with Gasteiger partial charge in [0, 0.05) is 6.54 Å². The molecule has 0 spiro atoms. The number of amides is 2. The van der Waals surface area contributed by atoms with Crippen molar-refractivity contribution in [3.8, 4) is 0 Å². The zero-order chi connectivity index (χ0) is 15.1. The number of rotatable bonds is 6. The Morgan fingerprint density at radius 2 is 1.89 bits per heavy atom. The molecule has 0 atom stereocenters. The van der Waals surface area contributed by atoms with Crippen LogP contribution in [0.4, 0.5) is 18.0 Å². The molecule has 0 aliphatic rings. The van der Waals surface area contributed by atoms with Crippen molar-refractivity contribution in [2.75, 3.05) is 26.7 Å². The molecule has 0 heterocycles. The van der Waals surface area contributed by atoms with E-state index in [9.17, 15) is 27.6 Å². The number of urea groups is 1. The maximum Gasteiger partial charge on any atom is 0.406 e. The third-order valence-electron chi connectivity index (χ3n) is 1.82. The van der Waals surface area contributed by atoms with Crippen molar-refractivity contribution in [3.05, 3.63) is 0 Å². The molecule has 0 unspecified atom stereocenters. The number of carboxylic acid groups (broad SMARTS) is 1. The smallest absolute Gasteiger partial charge is 0.406 e. The Labute approximate surface area is 106 Å². The van der Waals surface area contributed by atoms with Gasteiger partial charge in [0.25, 0.3) is 0 Å². The molecule has 0 aliphatic heterocycles. The Kier molecular flexibility index (Phi) is 6.66. The van der Waals surface area contributed by atoms with Gasteiger partial charge in [0.1, 0.15) is 13.1 Å². The quantitative estimate of drug-likeness (QED) is 0.680. The highest BCUT2D eigenvalue weighted by Gasteiger charge is 2.33. The summed E-state index contributed by atoms with van der Waals surface area (Å²) in [6.45, 7) is -3.04. The van der Waals surface area contributed by atoms with E-state index in [1.807, 2.05) is 5.32 Å². The van der Waals surface area contributed by atoms with Crippen molar-refractivity contribution in [2.45, 2.75) is 12.6 Å². The average Bonchev–Trinajstić information content (AvgIpc) is 2.25. The molecule has 0 bridgehead atoms. The Hall–Kier alpha value is -2.00. The Morgan fingerprint density at radius 3 is 2.32 bits per heavy atom. The number of halogens is 3. The maximum absolute atomic E-state index is 12.1. The minimum atomic E-state index is -4.71. The molecule has 110 valence electrons. The topological polar surface area (TPSA) is 95.9 Å². The molecular weight excluding hydrogens is 273 g/mol. The molecule has 19 heavy (non-hydrogen) atoms. The molecular formula is C9H13F3N2O5. The van der Waals surface area contributed by atoms with Gasteiger partial charge in [-0.25, -0.2) is 4.79 Å². The highest BCUT2D eigenvalue weighted by Crippen LogP contribution is 2.16. The standard InChI is InChI=1S/C9H13F3N2O5/c1-19-7(17)2-3-13-8(18)14(4-6(15)16)5-9(10,11)12/h2-5H2,1H3,(H,13,18)(H,15,16). The number of carbonyl (C=O) groups excluding carboxylic acids is 2. The van der Waals surface area contributed by atoms with Gasteiger partial charge in [-0.3, -0.25) is 9.59 Å². The molecule has 0 fully saturated rings. The molecule has 0 aliphatic carbocycles. The molecule has 0 aromatic heterocycles. The molecule has 0 radical (unpaired) electrons. The first-order chi connectivity index (χ1) is 8.65. The Morgan fingerprint density at radius 1 is 1.32 bits per heavy atom. The first kappa shape index (κ1) is 17.0. The van der Waals surface area contributed by atoms with Crippen molar-refractivity contribution in [2.24, 2.45) is 0 Å². The first-order valence-corrected chi connectivity index (χ1v) is 5.04. The van der Waals surface area contributed by atoms with Crippen LogP contribution < -0.4 is 5.32 Å². The second-order valence-electron chi connectivity index (χ2n) is 3.42. The van der Waals surface area contributed by atoms with Crippen LogP contribution in [0.5, 0.6) is 0 Å². The van der Waals surface area contributed by atoms with E-state index in [0.29, 0.717) is 0 Å². The fourth-order valence-electron chi connectivity index (χ4n) is 1.06. The number of carbonyl (C=O) groups is 3. The van der Waals surface area contributed by atoms with Crippen molar-refractivity contribution in [3.63, 3.8) is 0 Å². The summed E-state index contributed by atoms with van der Waals surface area (Å²) >= 11 is 0. The lowest BCUT2D eigenvalue weighted by Gasteiger charge is -2.22. The molecule has 0 aromatic carbocycles. The number of ether oxygens (including phenoxy) is 1. The summed E-state index contributed by atoms with van der Waals surface area (Å²) in [5, 5.41) is 10.4. The van der Waals surface area contributed by atoms with Crippen molar-refractivity contribution < 1.29 is 37.4 Å². The third kappa shape index (κ3) is 8.69. The van der Waals surface area contributed by atoms with Gasteiger partial charge in [-0.1, -0.05) is 0 Å². The van der Waals surface area contributed by atoms with Gasteiger partial charge in [-0.2, -0.15) is 13.2 Å². The van der Waals surface area contributed by atoms with Crippen LogP contribution in [0.2, 0.25) is 0 Å². The second-order valence-corrected chi connectivity index (χ2v) is 3.42. The van der Waals surface area contributed by atoms with E-state index in [-0.39, 0.29) is 17.9 Å². The zero-order valence-corrected chi connectivity index (χ0v) is 9.99. The fraction of sp³-hybridized carbons (Fsp3) is 0.667. The first-order valence-electron chi connectivity index (χ1n) is 5.04. The van der Waals surface area contributed by atoms with E-state index in [2.05, 4.69) is 4.74 Å².